The lowest BCUT2D eigenvalue weighted by Crippen LogP contribution is -2.42. The van der Waals surface area contributed by atoms with Crippen LogP contribution in [0.25, 0.3) is 0 Å². The average molecular weight is 435 g/mol. The molecule has 1 aliphatic rings. The highest BCUT2D eigenvalue weighted by atomic mass is 32.1. The van der Waals surface area contributed by atoms with Crippen LogP contribution >= 0.6 is 11.3 Å². The summed E-state index contributed by atoms with van der Waals surface area (Å²) < 4.78 is 4.87. The highest BCUT2D eigenvalue weighted by Gasteiger charge is 2.35. The predicted molar refractivity (Wildman–Crippen MR) is 124 cm³/mol. The van der Waals surface area contributed by atoms with Crippen molar-refractivity contribution in [2.45, 2.75) is 32.7 Å². The number of aryl methyl sites for hydroxylation is 1. The Morgan fingerprint density at radius 1 is 1.13 bits per heavy atom. The molecule has 1 aliphatic heterocycles. The predicted octanol–water partition coefficient (Wildman–Crippen LogP) is 5.59. The second kappa shape index (κ2) is 8.94. The van der Waals surface area contributed by atoms with E-state index in [9.17, 15) is 9.59 Å². The molecule has 0 saturated carbocycles. The molecule has 0 aliphatic carbocycles. The van der Waals surface area contributed by atoms with Crippen molar-refractivity contribution in [3.8, 4) is 0 Å². The maximum atomic E-state index is 13.5. The van der Waals surface area contributed by atoms with Gasteiger partial charge in [0.05, 0.1) is 24.4 Å². The minimum absolute atomic E-state index is 0.153. The third-order valence-corrected chi connectivity index (χ3v) is 7.06. The van der Waals surface area contributed by atoms with Crippen molar-refractivity contribution in [1.29, 1.82) is 0 Å². The summed E-state index contributed by atoms with van der Waals surface area (Å²) in [6.45, 7) is 4.97. The number of carbonyl (C=O) groups excluding carboxylic acids is 2. The van der Waals surface area contributed by atoms with Gasteiger partial charge in [0.25, 0.3) is 0 Å². The molecule has 0 bridgehead atoms. The van der Waals surface area contributed by atoms with E-state index in [0.717, 1.165) is 18.4 Å². The molecule has 0 spiro atoms. The molecule has 2 amide bonds. The molecule has 3 aromatic rings. The van der Waals surface area contributed by atoms with Crippen molar-refractivity contribution < 1.29 is 14.3 Å². The molecule has 0 saturated heterocycles. The zero-order chi connectivity index (χ0) is 22.0. The fourth-order valence-corrected chi connectivity index (χ4v) is 5.81. The number of urea groups is 1. The Morgan fingerprint density at radius 2 is 1.84 bits per heavy atom. The van der Waals surface area contributed by atoms with Gasteiger partial charge >= 0.3 is 12.0 Å². The highest BCUT2D eigenvalue weighted by Crippen LogP contribution is 2.43. The fraction of sp³-hybridized carbons (Fsp3) is 0.280. The van der Waals surface area contributed by atoms with Crippen molar-refractivity contribution in [1.82, 2.24) is 4.90 Å². The molecule has 31 heavy (non-hydrogen) atoms. The number of esters is 1. The summed E-state index contributed by atoms with van der Waals surface area (Å²) in [6, 6.07) is 16.7. The number of amides is 2. The van der Waals surface area contributed by atoms with Gasteiger partial charge in [0.15, 0.2) is 0 Å². The van der Waals surface area contributed by atoms with E-state index in [1.807, 2.05) is 23.1 Å². The third-order valence-electron chi connectivity index (χ3n) is 5.82. The smallest absolute Gasteiger partial charge is 0.339 e. The molecule has 2 heterocycles. The van der Waals surface area contributed by atoms with Crippen molar-refractivity contribution in [3.05, 3.63) is 86.6 Å². The lowest BCUT2D eigenvalue weighted by atomic mass is 9.92. The van der Waals surface area contributed by atoms with E-state index in [1.165, 1.54) is 28.0 Å². The van der Waals surface area contributed by atoms with E-state index in [2.05, 4.69) is 31.3 Å². The van der Waals surface area contributed by atoms with Gasteiger partial charge in [-0.2, -0.15) is 0 Å². The Kier molecular flexibility index (Phi) is 6.09. The number of nitrogens with zero attached hydrogens (tertiary/aromatic N) is 1. The number of hydrogen-bond donors (Lipinski definition) is 1. The number of methoxy groups -OCH3 is 1. The summed E-state index contributed by atoms with van der Waals surface area (Å²) in [5.74, 6) is -0.474. The first-order valence-corrected chi connectivity index (χ1v) is 11.3. The number of thiophene rings is 1. The molecular formula is C25H26N2O3S. The highest BCUT2D eigenvalue weighted by molar-refractivity contribution is 7.12. The van der Waals surface area contributed by atoms with Crippen LogP contribution in [0.5, 0.6) is 0 Å². The number of anilines is 1. The molecule has 0 unspecified atom stereocenters. The standard InChI is InChI=1S/C25H26N2O3S/c1-4-18-16(2)31-23-19(18)14-15-27(22(23)17-10-6-5-7-11-17)25(29)26-21-13-9-8-12-20(21)24(28)30-3/h5-13,22H,4,14-15H2,1-3H3,(H,26,29)/t22-/m0/s1. The van der Waals surface area contributed by atoms with Gasteiger partial charge in [-0.25, -0.2) is 9.59 Å². The second-order valence-corrected chi connectivity index (χ2v) is 8.81. The SMILES string of the molecule is CCc1c(C)sc2c1CCN(C(=O)Nc1ccccc1C(=O)OC)[C@H]2c1ccccc1. The van der Waals surface area contributed by atoms with Crippen LogP contribution in [0, 0.1) is 6.92 Å². The van der Waals surface area contributed by atoms with Gasteiger partial charge < -0.3 is 15.0 Å². The number of fused-ring (bicyclic) bond motifs is 1. The van der Waals surface area contributed by atoms with Gasteiger partial charge in [-0.3, -0.25) is 0 Å². The maximum Gasteiger partial charge on any atom is 0.339 e. The second-order valence-electron chi connectivity index (χ2n) is 7.56. The largest absolute Gasteiger partial charge is 0.465 e. The monoisotopic (exact) mass is 434 g/mol. The van der Waals surface area contributed by atoms with Crippen molar-refractivity contribution in [2.75, 3.05) is 19.0 Å². The Bertz CT molecular complexity index is 1110. The summed E-state index contributed by atoms with van der Waals surface area (Å²) in [7, 11) is 1.34. The zero-order valence-corrected chi connectivity index (χ0v) is 18.8. The van der Waals surface area contributed by atoms with Crippen LogP contribution in [-0.2, 0) is 17.6 Å². The molecule has 0 fully saturated rings. The molecular weight excluding hydrogens is 408 g/mol. The number of rotatable bonds is 4. The summed E-state index contributed by atoms with van der Waals surface area (Å²) in [4.78, 5) is 30.0. The molecule has 0 radical (unpaired) electrons. The molecule has 1 atom stereocenters. The molecule has 160 valence electrons. The van der Waals surface area contributed by atoms with Crippen LogP contribution < -0.4 is 5.32 Å². The first-order chi connectivity index (χ1) is 15.0. The number of ether oxygens (including phenoxy) is 1. The number of benzene rings is 2. The van der Waals surface area contributed by atoms with Crippen molar-refractivity contribution >= 4 is 29.0 Å². The van der Waals surface area contributed by atoms with Crippen molar-refractivity contribution in [2.24, 2.45) is 0 Å². The molecule has 1 aromatic heterocycles. The third kappa shape index (κ3) is 3.95. The van der Waals surface area contributed by atoms with Crippen LogP contribution in [-0.4, -0.2) is 30.6 Å². The van der Waals surface area contributed by atoms with Crippen molar-refractivity contribution in [3.63, 3.8) is 0 Å². The number of nitrogens with one attached hydrogen (secondary N) is 1. The number of hydrogen-bond acceptors (Lipinski definition) is 4. The van der Waals surface area contributed by atoms with E-state index in [1.54, 1.807) is 35.6 Å². The minimum Gasteiger partial charge on any atom is -0.465 e. The normalized spacial score (nSPS) is 15.3. The Morgan fingerprint density at radius 3 is 2.55 bits per heavy atom. The Balaban J connectivity index is 1.72. The quantitative estimate of drug-likeness (QED) is 0.545. The van der Waals surface area contributed by atoms with Gasteiger partial charge in [0.1, 0.15) is 0 Å². The van der Waals surface area contributed by atoms with Crippen LogP contribution in [0.3, 0.4) is 0 Å². The molecule has 5 nitrogen and oxygen atoms in total. The summed E-state index contributed by atoms with van der Waals surface area (Å²) in [6.07, 6.45) is 1.83. The Hall–Kier alpha value is -3.12. The van der Waals surface area contributed by atoms with Crippen LogP contribution in [0.15, 0.2) is 54.6 Å². The van der Waals surface area contributed by atoms with Gasteiger partial charge in [0, 0.05) is 16.3 Å². The molecule has 1 N–H and O–H groups in total. The van der Waals surface area contributed by atoms with Gasteiger partial charge in [-0.15, -0.1) is 11.3 Å². The van der Waals surface area contributed by atoms with Gasteiger partial charge in [-0.1, -0.05) is 49.4 Å². The van der Waals surface area contributed by atoms with E-state index < -0.39 is 5.97 Å². The van der Waals surface area contributed by atoms with Gasteiger partial charge in [0.2, 0.25) is 0 Å². The first kappa shape index (κ1) is 21.1. The topological polar surface area (TPSA) is 58.6 Å². The summed E-state index contributed by atoms with van der Waals surface area (Å²) in [5.41, 5.74) is 4.68. The molecule has 2 aromatic carbocycles. The van der Waals surface area contributed by atoms with E-state index in [4.69, 9.17) is 4.74 Å². The van der Waals surface area contributed by atoms with Crippen LogP contribution in [0.2, 0.25) is 0 Å². The molecule has 4 rings (SSSR count). The van der Waals surface area contributed by atoms with E-state index in [-0.39, 0.29) is 12.1 Å². The Labute approximate surface area is 186 Å². The summed E-state index contributed by atoms with van der Waals surface area (Å²) >= 11 is 1.79. The lowest BCUT2D eigenvalue weighted by Gasteiger charge is -2.36. The van der Waals surface area contributed by atoms with Gasteiger partial charge in [-0.05, 0) is 48.6 Å². The van der Waals surface area contributed by atoms with Crippen LogP contribution in [0.4, 0.5) is 10.5 Å². The maximum absolute atomic E-state index is 13.5. The van der Waals surface area contributed by atoms with E-state index >= 15 is 0 Å². The lowest BCUT2D eigenvalue weighted by molar-refractivity contribution is 0.0602. The minimum atomic E-state index is -0.474. The number of carbonyl (C=O) groups is 2. The van der Waals surface area contributed by atoms with E-state index in [0.29, 0.717) is 17.8 Å². The zero-order valence-electron chi connectivity index (χ0n) is 18.0. The summed E-state index contributed by atoms with van der Waals surface area (Å²) in [5, 5.41) is 2.95. The number of para-hydroxylation sites is 1. The average Bonchev–Trinajstić information content (AvgIpc) is 3.13. The molecule has 6 heteroatoms. The fourth-order valence-electron chi connectivity index (χ4n) is 4.36. The van der Waals surface area contributed by atoms with Crippen LogP contribution in [0.1, 0.15) is 49.8 Å². The first-order valence-electron chi connectivity index (χ1n) is 10.5.